The molecule has 1 aromatic carbocycles. The number of methoxy groups -OCH3 is 1. The van der Waals surface area contributed by atoms with Crippen LogP contribution in [0.5, 0.6) is 0 Å². The third-order valence-corrected chi connectivity index (χ3v) is 7.48. The first-order valence-electron chi connectivity index (χ1n) is 10.6. The highest BCUT2D eigenvalue weighted by Crippen LogP contribution is 2.44. The maximum Gasteiger partial charge on any atom is 0.341 e. The zero-order valence-corrected chi connectivity index (χ0v) is 19.4. The van der Waals surface area contributed by atoms with Crippen LogP contribution < -0.4 is 5.32 Å². The Morgan fingerprint density at radius 1 is 1.16 bits per heavy atom. The molecule has 0 saturated heterocycles. The molecule has 1 aromatic heterocycles. The quantitative estimate of drug-likeness (QED) is 0.558. The normalized spacial score (nSPS) is 17.8. The molecule has 0 bridgehead atoms. The zero-order valence-electron chi connectivity index (χ0n) is 18.6. The van der Waals surface area contributed by atoms with E-state index < -0.39 is 30.2 Å². The monoisotopic (exact) mass is 454 g/mol. The molecular formula is C24H26N2O5S. The zero-order chi connectivity index (χ0) is 23.2. The van der Waals surface area contributed by atoms with Crippen molar-refractivity contribution in [2.75, 3.05) is 19.0 Å². The molecule has 2 aromatic rings. The summed E-state index contributed by atoms with van der Waals surface area (Å²) in [5.74, 6) is -1.54. The lowest BCUT2D eigenvalue weighted by atomic mass is 9.72. The third kappa shape index (κ3) is 3.83. The Kier molecular flexibility index (Phi) is 5.67. The molecule has 7 nitrogen and oxygen atoms in total. The lowest BCUT2D eigenvalue weighted by Gasteiger charge is -2.33. The van der Waals surface area contributed by atoms with Crippen molar-refractivity contribution in [3.8, 4) is 0 Å². The molecule has 2 heterocycles. The Bertz CT molecular complexity index is 1090. The number of benzene rings is 1. The van der Waals surface area contributed by atoms with Crippen molar-refractivity contribution in [3.63, 3.8) is 0 Å². The van der Waals surface area contributed by atoms with E-state index in [1.165, 1.54) is 18.4 Å². The van der Waals surface area contributed by atoms with Gasteiger partial charge in [0.1, 0.15) is 11.5 Å². The molecule has 32 heavy (non-hydrogen) atoms. The van der Waals surface area contributed by atoms with Crippen LogP contribution in [-0.4, -0.2) is 42.2 Å². The van der Waals surface area contributed by atoms with Gasteiger partial charge >= 0.3 is 5.97 Å². The molecule has 3 amide bonds. The number of hydrogen-bond acceptors (Lipinski definition) is 6. The number of esters is 1. The highest BCUT2D eigenvalue weighted by molar-refractivity contribution is 7.17. The van der Waals surface area contributed by atoms with E-state index in [2.05, 4.69) is 26.1 Å². The highest BCUT2D eigenvalue weighted by Gasteiger charge is 2.37. The molecule has 0 radical (unpaired) electrons. The Labute approximate surface area is 190 Å². The van der Waals surface area contributed by atoms with Crippen molar-refractivity contribution in [3.05, 3.63) is 51.4 Å². The van der Waals surface area contributed by atoms with Gasteiger partial charge in [0.25, 0.3) is 11.8 Å². The van der Waals surface area contributed by atoms with Crippen molar-refractivity contribution in [2.24, 2.45) is 11.3 Å². The number of imide groups is 1. The molecule has 0 fully saturated rings. The van der Waals surface area contributed by atoms with E-state index in [1.807, 2.05) is 0 Å². The molecule has 8 heteroatoms. The average Bonchev–Trinajstić information content (AvgIpc) is 3.22. The average molecular weight is 455 g/mol. The number of amides is 3. The van der Waals surface area contributed by atoms with Gasteiger partial charge in [0.15, 0.2) is 0 Å². The SMILES string of the molecule is COC(=O)c1c(NC(=O)CN2C(=O)c3ccccc3C2=O)sc2c1CCC(C(C)(C)C)C2. The van der Waals surface area contributed by atoms with E-state index >= 15 is 0 Å². The van der Waals surface area contributed by atoms with Crippen LogP contribution in [0.1, 0.15) is 68.7 Å². The minimum atomic E-state index is -0.532. The van der Waals surface area contributed by atoms with E-state index in [0.29, 0.717) is 27.6 Å². The van der Waals surface area contributed by atoms with Crippen LogP contribution in [0.4, 0.5) is 5.00 Å². The van der Waals surface area contributed by atoms with Crippen LogP contribution >= 0.6 is 11.3 Å². The lowest BCUT2D eigenvalue weighted by molar-refractivity contribution is -0.116. The molecule has 1 N–H and O–H groups in total. The van der Waals surface area contributed by atoms with Gasteiger partial charge in [-0.05, 0) is 48.3 Å². The number of ether oxygens (including phenoxy) is 1. The minimum Gasteiger partial charge on any atom is -0.465 e. The third-order valence-electron chi connectivity index (χ3n) is 6.31. The fraction of sp³-hybridized carbons (Fsp3) is 0.417. The van der Waals surface area contributed by atoms with Gasteiger partial charge in [-0.2, -0.15) is 0 Å². The van der Waals surface area contributed by atoms with Gasteiger partial charge in [-0.1, -0.05) is 32.9 Å². The summed E-state index contributed by atoms with van der Waals surface area (Å²) in [6.07, 6.45) is 2.54. The first-order chi connectivity index (χ1) is 15.1. The Morgan fingerprint density at radius 3 is 2.34 bits per heavy atom. The molecule has 4 rings (SSSR count). The molecule has 0 spiro atoms. The molecule has 2 aliphatic rings. The van der Waals surface area contributed by atoms with E-state index in [4.69, 9.17) is 4.74 Å². The number of nitrogens with one attached hydrogen (secondary N) is 1. The maximum absolute atomic E-state index is 12.8. The molecule has 0 saturated carbocycles. The van der Waals surface area contributed by atoms with Crippen molar-refractivity contribution >= 4 is 40.0 Å². The summed E-state index contributed by atoms with van der Waals surface area (Å²) in [5, 5.41) is 3.18. The van der Waals surface area contributed by atoms with E-state index in [9.17, 15) is 19.2 Å². The number of rotatable bonds is 4. The van der Waals surface area contributed by atoms with Crippen LogP contribution in [0.25, 0.3) is 0 Å². The smallest absolute Gasteiger partial charge is 0.341 e. The fourth-order valence-electron chi connectivity index (χ4n) is 4.42. The van der Waals surface area contributed by atoms with Crippen LogP contribution in [-0.2, 0) is 22.4 Å². The number of fused-ring (bicyclic) bond motifs is 2. The highest BCUT2D eigenvalue weighted by atomic mass is 32.1. The number of hydrogen-bond donors (Lipinski definition) is 1. The predicted octanol–water partition coefficient (Wildman–Crippen LogP) is 3.92. The van der Waals surface area contributed by atoms with Gasteiger partial charge in [-0.3, -0.25) is 19.3 Å². The standard InChI is InChI=1S/C24H26N2O5S/c1-24(2,3)13-9-10-16-17(11-13)32-20(19(16)23(30)31-4)25-18(27)12-26-21(28)14-7-5-6-8-15(14)22(26)29/h5-8,13H,9-12H2,1-4H3,(H,25,27). The summed E-state index contributed by atoms with van der Waals surface area (Å²) in [6, 6.07) is 6.50. The van der Waals surface area contributed by atoms with Gasteiger partial charge in [-0.15, -0.1) is 11.3 Å². The predicted molar refractivity (Wildman–Crippen MR) is 121 cm³/mol. The summed E-state index contributed by atoms with van der Waals surface area (Å²) < 4.78 is 4.98. The largest absolute Gasteiger partial charge is 0.465 e. The summed E-state index contributed by atoms with van der Waals surface area (Å²) in [5.41, 5.74) is 2.04. The van der Waals surface area contributed by atoms with Crippen LogP contribution in [0.3, 0.4) is 0 Å². The van der Waals surface area contributed by atoms with E-state index in [-0.39, 0.29) is 5.41 Å². The first kappa shape index (κ1) is 22.2. The topological polar surface area (TPSA) is 92.8 Å². The van der Waals surface area contributed by atoms with Gasteiger partial charge in [0.05, 0.1) is 23.8 Å². The summed E-state index contributed by atoms with van der Waals surface area (Å²) in [6.45, 7) is 6.22. The molecule has 1 aliphatic carbocycles. The molecule has 1 aliphatic heterocycles. The molecule has 168 valence electrons. The first-order valence-corrected chi connectivity index (χ1v) is 11.4. The van der Waals surface area contributed by atoms with Gasteiger partial charge in [0.2, 0.25) is 5.91 Å². The Hall–Kier alpha value is -3.00. The van der Waals surface area contributed by atoms with Crippen molar-refractivity contribution in [2.45, 2.75) is 40.0 Å². The second-order valence-corrected chi connectivity index (χ2v) is 10.4. The lowest BCUT2D eigenvalue weighted by Crippen LogP contribution is -2.37. The maximum atomic E-state index is 12.8. The van der Waals surface area contributed by atoms with Crippen molar-refractivity contribution in [1.82, 2.24) is 4.90 Å². The molecular weight excluding hydrogens is 428 g/mol. The van der Waals surface area contributed by atoms with E-state index in [1.54, 1.807) is 24.3 Å². The second kappa shape index (κ2) is 8.16. The van der Waals surface area contributed by atoms with Gasteiger partial charge < -0.3 is 10.1 Å². The van der Waals surface area contributed by atoms with E-state index in [0.717, 1.165) is 34.6 Å². The summed E-state index contributed by atoms with van der Waals surface area (Å²) in [7, 11) is 1.32. The summed E-state index contributed by atoms with van der Waals surface area (Å²) in [4.78, 5) is 52.5. The van der Waals surface area contributed by atoms with Crippen LogP contribution in [0, 0.1) is 11.3 Å². The summed E-state index contributed by atoms with van der Waals surface area (Å²) >= 11 is 1.38. The number of thiophene rings is 1. The Morgan fingerprint density at radius 2 is 1.78 bits per heavy atom. The van der Waals surface area contributed by atoms with Crippen molar-refractivity contribution < 1.29 is 23.9 Å². The number of nitrogens with zero attached hydrogens (tertiary/aromatic N) is 1. The Balaban J connectivity index is 1.56. The molecule has 1 atom stereocenters. The second-order valence-electron chi connectivity index (χ2n) is 9.30. The van der Waals surface area contributed by atoms with Crippen LogP contribution in [0.2, 0.25) is 0 Å². The van der Waals surface area contributed by atoms with Gasteiger partial charge in [0, 0.05) is 4.88 Å². The van der Waals surface area contributed by atoms with Crippen LogP contribution in [0.15, 0.2) is 24.3 Å². The number of carbonyl (C=O) groups excluding carboxylic acids is 4. The fourth-order valence-corrected chi connectivity index (χ4v) is 5.76. The minimum absolute atomic E-state index is 0.141. The van der Waals surface area contributed by atoms with Gasteiger partial charge in [-0.25, -0.2) is 4.79 Å². The van der Waals surface area contributed by atoms with Crippen molar-refractivity contribution in [1.29, 1.82) is 0 Å². The number of carbonyl (C=O) groups is 4. The number of anilines is 1. The molecule has 1 unspecified atom stereocenters.